The predicted octanol–water partition coefficient (Wildman–Crippen LogP) is 4.34. The van der Waals surface area contributed by atoms with Gasteiger partial charge in [-0.05, 0) is 50.2 Å². The van der Waals surface area contributed by atoms with Crippen molar-refractivity contribution >= 4 is 0 Å². The number of hydrogen-bond donors (Lipinski definition) is 0. The predicted molar refractivity (Wildman–Crippen MR) is 59.7 cm³/mol. The van der Waals surface area contributed by atoms with Gasteiger partial charge in [-0.3, -0.25) is 0 Å². The van der Waals surface area contributed by atoms with Gasteiger partial charge in [0.2, 0.25) is 0 Å². The first-order valence-electron chi connectivity index (χ1n) is 5.39. The summed E-state index contributed by atoms with van der Waals surface area (Å²) >= 11 is 0. The summed E-state index contributed by atoms with van der Waals surface area (Å²) in [5, 5.41) is 0. The van der Waals surface area contributed by atoms with Crippen molar-refractivity contribution in [3.05, 3.63) is 22.3 Å². The van der Waals surface area contributed by atoms with E-state index in [1.807, 2.05) is 0 Å². The zero-order valence-electron chi connectivity index (χ0n) is 9.86. The topological polar surface area (TPSA) is 0 Å². The molecule has 1 aliphatic rings. The van der Waals surface area contributed by atoms with Crippen LogP contribution in [0.2, 0.25) is 0 Å². The van der Waals surface area contributed by atoms with Gasteiger partial charge in [0, 0.05) is 0 Å². The first-order valence-corrected chi connectivity index (χ1v) is 5.39. The zero-order valence-corrected chi connectivity index (χ0v) is 9.86. The second-order valence-electron chi connectivity index (χ2n) is 4.42. The van der Waals surface area contributed by atoms with Gasteiger partial charge in [-0.2, -0.15) is 0 Å². The second kappa shape index (κ2) is 3.69. The van der Waals surface area contributed by atoms with E-state index in [1.54, 1.807) is 16.7 Å². The highest BCUT2D eigenvalue weighted by Crippen LogP contribution is 2.40. The van der Waals surface area contributed by atoms with E-state index in [2.05, 4.69) is 41.5 Å². The van der Waals surface area contributed by atoms with E-state index in [9.17, 15) is 0 Å². The van der Waals surface area contributed by atoms with Gasteiger partial charge in [-0.15, -0.1) is 0 Å². The second-order valence-corrected chi connectivity index (χ2v) is 4.42. The fraction of sp³-hybridized carbons (Fsp3) is 0.692. The molecule has 0 saturated carbocycles. The van der Waals surface area contributed by atoms with Crippen LogP contribution >= 0.6 is 0 Å². The molecule has 0 heteroatoms. The lowest BCUT2D eigenvalue weighted by atomic mass is 9.87. The first kappa shape index (κ1) is 10.6. The Balaban J connectivity index is 3.03. The summed E-state index contributed by atoms with van der Waals surface area (Å²) in [6.45, 7) is 13.8. The Morgan fingerprint density at radius 1 is 1.15 bits per heavy atom. The fourth-order valence-electron chi connectivity index (χ4n) is 2.41. The molecule has 0 bridgehead atoms. The van der Waals surface area contributed by atoms with Crippen LogP contribution in [0.25, 0.3) is 0 Å². The molecular formula is C13H22. The van der Waals surface area contributed by atoms with Crippen molar-refractivity contribution in [2.45, 2.75) is 48.0 Å². The van der Waals surface area contributed by atoms with Crippen LogP contribution in [-0.4, -0.2) is 0 Å². The summed E-state index contributed by atoms with van der Waals surface area (Å²) in [6.07, 6.45) is 1.26. The molecule has 13 heavy (non-hydrogen) atoms. The summed E-state index contributed by atoms with van der Waals surface area (Å²) in [4.78, 5) is 0. The third kappa shape index (κ3) is 1.59. The van der Waals surface area contributed by atoms with E-state index in [-0.39, 0.29) is 0 Å². The molecule has 0 aliphatic heterocycles. The van der Waals surface area contributed by atoms with Crippen molar-refractivity contribution in [2.24, 2.45) is 11.8 Å². The van der Waals surface area contributed by atoms with E-state index in [4.69, 9.17) is 0 Å². The van der Waals surface area contributed by atoms with Crippen LogP contribution in [0.4, 0.5) is 0 Å². The van der Waals surface area contributed by atoms with Crippen LogP contribution in [0.3, 0.4) is 0 Å². The molecule has 74 valence electrons. The minimum Gasteiger partial charge on any atom is -0.0648 e. The molecule has 0 N–H and O–H groups in total. The SMILES string of the molecule is CCC(C)C1=C(C)C(C)=C(C)C1C. The summed E-state index contributed by atoms with van der Waals surface area (Å²) in [6, 6.07) is 0. The molecule has 0 amide bonds. The van der Waals surface area contributed by atoms with Crippen molar-refractivity contribution in [2.75, 3.05) is 0 Å². The highest BCUT2D eigenvalue weighted by molar-refractivity contribution is 5.47. The Bertz CT molecular complexity index is 266. The number of hydrogen-bond acceptors (Lipinski definition) is 0. The van der Waals surface area contributed by atoms with Gasteiger partial charge in [0.05, 0.1) is 0 Å². The van der Waals surface area contributed by atoms with Crippen molar-refractivity contribution in [3.8, 4) is 0 Å². The largest absolute Gasteiger partial charge is 0.0648 e. The van der Waals surface area contributed by atoms with Crippen molar-refractivity contribution in [1.29, 1.82) is 0 Å². The normalized spacial score (nSPS) is 25.8. The molecule has 1 rings (SSSR count). The average molecular weight is 178 g/mol. The molecule has 0 nitrogen and oxygen atoms in total. The molecule has 0 aromatic carbocycles. The molecule has 0 spiro atoms. The smallest absolute Gasteiger partial charge is 0.000989 e. The third-order valence-corrected chi connectivity index (χ3v) is 3.85. The Hall–Kier alpha value is -0.520. The molecule has 0 aromatic heterocycles. The molecule has 0 fully saturated rings. The van der Waals surface area contributed by atoms with Crippen LogP contribution in [0.15, 0.2) is 22.3 Å². The lowest BCUT2D eigenvalue weighted by molar-refractivity contribution is 0.584. The Labute approximate surface area is 82.7 Å². The highest BCUT2D eigenvalue weighted by atomic mass is 14.3. The summed E-state index contributed by atoms with van der Waals surface area (Å²) in [5.74, 6) is 1.44. The molecule has 0 radical (unpaired) electrons. The lowest BCUT2D eigenvalue weighted by Crippen LogP contribution is -2.06. The van der Waals surface area contributed by atoms with E-state index in [0.717, 1.165) is 5.92 Å². The standard InChI is InChI=1S/C13H22/c1-7-8(2)13-11(5)9(3)10(4)12(13)6/h8,11H,7H2,1-6H3. The molecule has 0 heterocycles. The zero-order chi connectivity index (χ0) is 10.2. The minimum atomic E-state index is 0.690. The summed E-state index contributed by atoms with van der Waals surface area (Å²) in [7, 11) is 0. The maximum absolute atomic E-state index is 2.35. The minimum absolute atomic E-state index is 0.690. The van der Waals surface area contributed by atoms with Gasteiger partial charge in [0.1, 0.15) is 0 Å². The van der Waals surface area contributed by atoms with Gasteiger partial charge in [-0.25, -0.2) is 0 Å². The van der Waals surface area contributed by atoms with Crippen LogP contribution in [0.1, 0.15) is 48.0 Å². The van der Waals surface area contributed by atoms with Crippen molar-refractivity contribution in [1.82, 2.24) is 0 Å². The van der Waals surface area contributed by atoms with Gasteiger partial charge in [0.15, 0.2) is 0 Å². The van der Waals surface area contributed by atoms with Gasteiger partial charge in [0.25, 0.3) is 0 Å². The van der Waals surface area contributed by atoms with E-state index >= 15 is 0 Å². The van der Waals surface area contributed by atoms with Crippen molar-refractivity contribution < 1.29 is 0 Å². The molecule has 0 saturated heterocycles. The van der Waals surface area contributed by atoms with Crippen LogP contribution < -0.4 is 0 Å². The maximum Gasteiger partial charge on any atom is -0.000989 e. The number of rotatable bonds is 2. The van der Waals surface area contributed by atoms with E-state index in [0.29, 0.717) is 5.92 Å². The van der Waals surface area contributed by atoms with E-state index < -0.39 is 0 Å². The monoisotopic (exact) mass is 178 g/mol. The van der Waals surface area contributed by atoms with Crippen LogP contribution in [0, 0.1) is 11.8 Å². The fourth-order valence-corrected chi connectivity index (χ4v) is 2.41. The van der Waals surface area contributed by atoms with Gasteiger partial charge in [-0.1, -0.05) is 31.9 Å². The Morgan fingerprint density at radius 2 is 1.69 bits per heavy atom. The quantitative estimate of drug-likeness (QED) is 0.590. The lowest BCUT2D eigenvalue weighted by Gasteiger charge is -2.18. The first-order chi connectivity index (χ1) is 6.00. The summed E-state index contributed by atoms with van der Waals surface area (Å²) < 4.78 is 0. The summed E-state index contributed by atoms with van der Waals surface area (Å²) in [5.41, 5.74) is 6.34. The van der Waals surface area contributed by atoms with Crippen LogP contribution in [-0.2, 0) is 0 Å². The molecule has 1 aliphatic carbocycles. The maximum atomic E-state index is 2.35. The molecule has 0 aromatic rings. The van der Waals surface area contributed by atoms with E-state index in [1.165, 1.54) is 12.0 Å². The van der Waals surface area contributed by atoms with Gasteiger partial charge >= 0.3 is 0 Å². The molecule has 2 unspecified atom stereocenters. The molecule has 2 atom stereocenters. The van der Waals surface area contributed by atoms with Gasteiger partial charge < -0.3 is 0 Å². The Kier molecular flexibility index (Phi) is 3.00. The molecular weight excluding hydrogens is 156 g/mol. The Morgan fingerprint density at radius 3 is 2.00 bits per heavy atom. The van der Waals surface area contributed by atoms with Crippen molar-refractivity contribution in [3.63, 3.8) is 0 Å². The average Bonchev–Trinajstić information content (AvgIpc) is 2.30. The third-order valence-electron chi connectivity index (χ3n) is 3.85. The van der Waals surface area contributed by atoms with Crippen LogP contribution in [0.5, 0.6) is 0 Å². The highest BCUT2D eigenvalue weighted by Gasteiger charge is 2.25. The number of allylic oxidation sites excluding steroid dienone is 4.